The largest absolute Gasteiger partial charge is 0.234 e. The zero-order valence-corrected chi connectivity index (χ0v) is 11.2. The molecule has 2 nitrogen and oxygen atoms in total. The molecule has 1 aliphatic carbocycles. The van der Waals surface area contributed by atoms with Crippen LogP contribution in [0.1, 0.15) is 59.8 Å². The van der Waals surface area contributed by atoms with E-state index in [1.54, 1.807) is 0 Å². The Labute approximate surface area is 96.2 Å². The minimum Gasteiger partial charge on any atom is -0.234 e. The first-order valence-electron chi connectivity index (χ1n) is 5.81. The summed E-state index contributed by atoms with van der Waals surface area (Å²) in [7, 11) is -1.10. The summed E-state index contributed by atoms with van der Waals surface area (Å²) in [5.41, 5.74) is 0.194. The Hall–Kier alpha value is -0.180. The molecule has 0 aliphatic heterocycles. The van der Waals surface area contributed by atoms with Gasteiger partial charge in [-0.1, -0.05) is 26.2 Å². The summed E-state index contributed by atoms with van der Waals surface area (Å²) in [6.45, 7) is 8.12. The Morgan fingerprint density at radius 3 is 2.20 bits per heavy atom. The van der Waals surface area contributed by atoms with Crippen molar-refractivity contribution in [3.8, 4) is 0 Å². The minimum absolute atomic E-state index is 0.194. The van der Waals surface area contributed by atoms with E-state index in [0.717, 1.165) is 0 Å². The van der Waals surface area contributed by atoms with E-state index in [-0.39, 0.29) is 10.2 Å². The highest BCUT2D eigenvalue weighted by Gasteiger charge is 2.26. The fraction of sp³-hybridized carbons (Fsp3) is 0.917. The van der Waals surface area contributed by atoms with Crippen molar-refractivity contribution >= 4 is 17.2 Å². The molecule has 1 atom stereocenters. The number of hydrogen-bond acceptors (Lipinski definition) is 1. The van der Waals surface area contributed by atoms with Gasteiger partial charge in [0.05, 0.1) is 4.75 Å². The van der Waals surface area contributed by atoms with Gasteiger partial charge in [-0.2, -0.15) is 4.40 Å². The van der Waals surface area contributed by atoms with Gasteiger partial charge in [-0.3, -0.25) is 0 Å². The molecule has 1 unspecified atom stereocenters. The molecule has 0 aromatic rings. The molecule has 1 aliphatic rings. The van der Waals surface area contributed by atoms with Crippen molar-refractivity contribution in [1.82, 2.24) is 0 Å². The molecule has 1 rings (SSSR count). The van der Waals surface area contributed by atoms with Crippen LogP contribution in [0.4, 0.5) is 0 Å². The van der Waals surface area contributed by atoms with E-state index in [2.05, 4.69) is 11.3 Å². The van der Waals surface area contributed by atoms with Crippen LogP contribution in [0.3, 0.4) is 0 Å². The van der Waals surface area contributed by atoms with E-state index >= 15 is 0 Å². The van der Waals surface area contributed by atoms with Crippen molar-refractivity contribution in [1.29, 1.82) is 0 Å². The smallest absolute Gasteiger partial charge is 0.144 e. The molecule has 3 heteroatoms. The maximum Gasteiger partial charge on any atom is 0.144 e. The standard InChI is InChI=1S/C12H23NOS/c1-11(2,3)15(14)13-10-12(4)8-6-5-7-9-12/h10H,5-9H2,1-4H3/b13-10+. The lowest BCUT2D eigenvalue weighted by Crippen LogP contribution is -2.24. The average molecular weight is 229 g/mol. The van der Waals surface area contributed by atoms with Crippen molar-refractivity contribution in [2.45, 2.75) is 64.5 Å². The summed E-state index contributed by atoms with van der Waals surface area (Å²) >= 11 is 0. The van der Waals surface area contributed by atoms with E-state index in [1.165, 1.54) is 32.1 Å². The quantitative estimate of drug-likeness (QED) is 0.666. The fourth-order valence-electron chi connectivity index (χ4n) is 1.82. The molecule has 0 radical (unpaired) electrons. The SMILES string of the molecule is CC1(/C=N/S(=O)C(C)(C)C)CCCCC1. The van der Waals surface area contributed by atoms with E-state index in [0.29, 0.717) is 0 Å². The monoisotopic (exact) mass is 229 g/mol. The molecule has 88 valence electrons. The highest BCUT2D eigenvalue weighted by atomic mass is 32.2. The highest BCUT2D eigenvalue weighted by molar-refractivity contribution is 7.85. The molecule has 0 bridgehead atoms. The predicted molar refractivity (Wildman–Crippen MR) is 67.6 cm³/mol. The van der Waals surface area contributed by atoms with E-state index in [1.807, 2.05) is 27.0 Å². The summed E-state index contributed by atoms with van der Waals surface area (Å²) < 4.78 is 15.8. The summed E-state index contributed by atoms with van der Waals surface area (Å²) in [5.74, 6) is 0. The highest BCUT2D eigenvalue weighted by Crippen LogP contribution is 2.34. The minimum atomic E-state index is -1.10. The molecule has 15 heavy (non-hydrogen) atoms. The second-order valence-electron chi connectivity index (χ2n) is 5.81. The number of nitrogens with zero attached hydrogens (tertiary/aromatic N) is 1. The van der Waals surface area contributed by atoms with Gasteiger partial charge < -0.3 is 0 Å². The first kappa shape index (κ1) is 12.9. The summed E-state index contributed by atoms with van der Waals surface area (Å²) in [6, 6.07) is 0. The normalized spacial score (nSPS) is 24.3. The molecular formula is C12H23NOS. The van der Waals surface area contributed by atoms with Crippen LogP contribution in [0.2, 0.25) is 0 Å². The Kier molecular flexibility index (Phi) is 4.10. The van der Waals surface area contributed by atoms with E-state index in [4.69, 9.17) is 0 Å². The molecule has 0 amide bonds. The van der Waals surface area contributed by atoms with Gasteiger partial charge >= 0.3 is 0 Å². The van der Waals surface area contributed by atoms with Gasteiger partial charge in [-0.25, -0.2) is 4.21 Å². The van der Waals surface area contributed by atoms with Crippen LogP contribution >= 0.6 is 0 Å². The maximum absolute atomic E-state index is 11.8. The number of rotatable bonds is 2. The lowest BCUT2D eigenvalue weighted by Gasteiger charge is -2.29. The molecule has 1 saturated carbocycles. The third kappa shape index (κ3) is 4.06. The van der Waals surface area contributed by atoms with Gasteiger partial charge in [0.2, 0.25) is 0 Å². The fourth-order valence-corrected chi connectivity index (χ4v) is 2.49. The van der Waals surface area contributed by atoms with Crippen molar-refractivity contribution in [3.63, 3.8) is 0 Å². The first-order valence-corrected chi connectivity index (χ1v) is 6.91. The van der Waals surface area contributed by atoms with Crippen LogP contribution in [0.15, 0.2) is 4.40 Å². The van der Waals surface area contributed by atoms with Crippen LogP contribution in [-0.2, 0) is 11.0 Å². The lowest BCUT2D eigenvalue weighted by molar-refractivity contribution is 0.319. The molecule has 0 N–H and O–H groups in total. The summed E-state index contributed by atoms with van der Waals surface area (Å²) in [5, 5.41) is 0. The van der Waals surface area contributed by atoms with Crippen LogP contribution < -0.4 is 0 Å². The van der Waals surface area contributed by atoms with Gasteiger partial charge in [0, 0.05) is 11.6 Å². The van der Waals surface area contributed by atoms with Crippen LogP contribution in [-0.4, -0.2) is 15.2 Å². The molecule has 1 fully saturated rings. The van der Waals surface area contributed by atoms with Gasteiger partial charge in [0.1, 0.15) is 11.0 Å². The van der Waals surface area contributed by atoms with Gasteiger partial charge in [-0.05, 0) is 33.6 Å². The first-order chi connectivity index (χ1) is 6.83. The van der Waals surface area contributed by atoms with Gasteiger partial charge in [0.25, 0.3) is 0 Å². The zero-order chi connectivity index (χ0) is 11.5. The van der Waals surface area contributed by atoms with Crippen LogP contribution in [0.25, 0.3) is 0 Å². The second kappa shape index (κ2) is 4.77. The molecule has 0 saturated heterocycles. The lowest BCUT2D eigenvalue weighted by atomic mass is 9.77. The van der Waals surface area contributed by atoms with Crippen molar-refractivity contribution in [2.75, 3.05) is 0 Å². The van der Waals surface area contributed by atoms with Crippen molar-refractivity contribution in [2.24, 2.45) is 9.81 Å². The molecular weight excluding hydrogens is 206 g/mol. The van der Waals surface area contributed by atoms with E-state index < -0.39 is 11.0 Å². The Morgan fingerprint density at radius 1 is 1.20 bits per heavy atom. The molecule has 0 aromatic heterocycles. The molecule has 0 aromatic carbocycles. The van der Waals surface area contributed by atoms with Crippen LogP contribution in [0, 0.1) is 5.41 Å². The Balaban J connectivity index is 2.60. The summed E-state index contributed by atoms with van der Waals surface area (Å²) in [4.78, 5) is 0. The Bertz CT molecular complexity index is 259. The predicted octanol–water partition coefficient (Wildman–Crippen LogP) is 3.49. The van der Waals surface area contributed by atoms with Gasteiger partial charge in [0.15, 0.2) is 0 Å². The topological polar surface area (TPSA) is 29.4 Å². The van der Waals surface area contributed by atoms with Crippen molar-refractivity contribution in [3.05, 3.63) is 0 Å². The molecule has 0 spiro atoms. The maximum atomic E-state index is 11.8. The van der Waals surface area contributed by atoms with Gasteiger partial charge in [-0.15, -0.1) is 0 Å². The van der Waals surface area contributed by atoms with Crippen molar-refractivity contribution < 1.29 is 4.21 Å². The Morgan fingerprint density at radius 2 is 1.73 bits per heavy atom. The van der Waals surface area contributed by atoms with E-state index in [9.17, 15) is 4.21 Å². The second-order valence-corrected chi connectivity index (χ2v) is 7.74. The zero-order valence-electron chi connectivity index (χ0n) is 10.4. The third-order valence-corrected chi connectivity index (χ3v) is 4.32. The summed E-state index contributed by atoms with van der Waals surface area (Å²) in [6.07, 6.45) is 8.24. The molecule has 0 heterocycles. The third-order valence-electron chi connectivity index (χ3n) is 2.98. The number of hydrogen-bond donors (Lipinski definition) is 0. The van der Waals surface area contributed by atoms with Crippen LogP contribution in [0.5, 0.6) is 0 Å². The average Bonchev–Trinajstić information content (AvgIpc) is 2.14.